The highest BCUT2D eigenvalue weighted by Crippen LogP contribution is 2.26. The molecule has 0 spiro atoms. The Balaban J connectivity index is 1.70. The minimum absolute atomic E-state index is 0.769. The van der Waals surface area contributed by atoms with Crippen LogP contribution in [-0.2, 0) is 0 Å². The molecule has 1 fully saturated rings. The molecule has 6 nitrogen and oxygen atoms in total. The Bertz CT molecular complexity index is 1030. The zero-order chi connectivity index (χ0) is 25.7. The second kappa shape index (κ2) is 14.7. The third-order valence-electron chi connectivity index (χ3n) is 7.36. The number of unbranched alkanes of at least 4 members (excludes halogenated alkanes) is 6. The molecular weight excluding hydrogens is 456 g/mol. The first kappa shape index (κ1) is 27.2. The fourth-order valence-electron chi connectivity index (χ4n) is 5.17. The van der Waals surface area contributed by atoms with Crippen LogP contribution in [0.4, 0.5) is 11.9 Å². The standard InChI is InChI=1S/C31H46N6/c1-3-5-7-14-22-35(23-15-8-6-4-2)30-32-29(33-31(34-30)36-24-16-9-10-17-25-36)28-21-18-26-37(28)27-19-12-11-13-20-27/h11-13,18-21,26H,3-10,14-17,22-25H2,1-2H3. The predicted molar refractivity (Wildman–Crippen MR) is 156 cm³/mol. The van der Waals surface area contributed by atoms with E-state index in [-0.39, 0.29) is 0 Å². The monoisotopic (exact) mass is 502 g/mol. The molecule has 6 heteroatoms. The van der Waals surface area contributed by atoms with E-state index in [1.807, 2.05) is 0 Å². The number of para-hydroxylation sites is 1. The second-order valence-electron chi connectivity index (χ2n) is 10.4. The molecule has 0 N–H and O–H groups in total. The Labute approximate surface area is 224 Å². The van der Waals surface area contributed by atoms with E-state index in [9.17, 15) is 0 Å². The van der Waals surface area contributed by atoms with Gasteiger partial charge in [-0.25, -0.2) is 0 Å². The van der Waals surface area contributed by atoms with Crippen molar-refractivity contribution in [2.24, 2.45) is 0 Å². The van der Waals surface area contributed by atoms with Gasteiger partial charge >= 0.3 is 0 Å². The Kier molecular flexibility index (Phi) is 10.8. The van der Waals surface area contributed by atoms with Crippen LogP contribution in [0, 0.1) is 0 Å². The summed E-state index contributed by atoms with van der Waals surface area (Å²) in [5, 5.41) is 0. The van der Waals surface area contributed by atoms with Crippen LogP contribution in [0.15, 0.2) is 48.7 Å². The number of benzene rings is 1. The fraction of sp³-hybridized carbons (Fsp3) is 0.581. The van der Waals surface area contributed by atoms with Gasteiger partial charge in [-0.05, 0) is 49.9 Å². The van der Waals surface area contributed by atoms with Gasteiger partial charge in [0.1, 0.15) is 0 Å². The van der Waals surface area contributed by atoms with Crippen LogP contribution in [0.3, 0.4) is 0 Å². The molecule has 3 aromatic rings. The van der Waals surface area contributed by atoms with Crippen molar-refractivity contribution in [3.8, 4) is 17.2 Å². The molecule has 37 heavy (non-hydrogen) atoms. The SMILES string of the molecule is CCCCCCN(CCCCCC)c1nc(-c2cccn2-c2ccccc2)nc(N2CCCCCC2)n1. The highest BCUT2D eigenvalue weighted by Gasteiger charge is 2.20. The molecule has 3 heterocycles. The number of hydrogen-bond donors (Lipinski definition) is 0. The Hall–Kier alpha value is -2.89. The van der Waals surface area contributed by atoms with Crippen molar-refractivity contribution in [3.63, 3.8) is 0 Å². The van der Waals surface area contributed by atoms with E-state index in [4.69, 9.17) is 15.0 Å². The Morgan fingerprint density at radius 2 is 1.38 bits per heavy atom. The van der Waals surface area contributed by atoms with Crippen LogP contribution in [-0.4, -0.2) is 45.7 Å². The summed E-state index contributed by atoms with van der Waals surface area (Å²) in [7, 11) is 0. The van der Waals surface area contributed by atoms with E-state index < -0.39 is 0 Å². The van der Waals surface area contributed by atoms with Crippen LogP contribution in [0.2, 0.25) is 0 Å². The van der Waals surface area contributed by atoms with E-state index in [2.05, 4.69) is 76.9 Å². The van der Waals surface area contributed by atoms with Gasteiger partial charge in [-0.3, -0.25) is 0 Å². The Morgan fingerprint density at radius 3 is 2.03 bits per heavy atom. The van der Waals surface area contributed by atoms with Crippen molar-refractivity contribution in [2.75, 3.05) is 36.0 Å². The number of aromatic nitrogens is 4. The first-order chi connectivity index (χ1) is 18.3. The molecule has 200 valence electrons. The van der Waals surface area contributed by atoms with Gasteiger partial charge in [0.15, 0.2) is 5.82 Å². The van der Waals surface area contributed by atoms with E-state index >= 15 is 0 Å². The molecule has 1 aliphatic heterocycles. The summed E-state index contributed by atoms with van der Waals surface area (Å²) < 4.78 is 2.19. The van der Waals surface area contributed by atoms with Crippen LogP contribution >= 0.6 is 0 Å². The van der Waals surface area contributed by atoms with Gasteiger partial charge in [-0.2, -0.15) is 15.0 Å². The van der Waals surface area contributed by atoms with E-state index in [0.29, 0.717) is 0 Å². The van der Waals surface area contributed by atoms with Crippen LogP contribution < -0.4 is 9.80 Å². The maximum Gasteiger partial charge on any atom is 0.230 e. The first-order valence-corrected chi connectivity index (χ1v) is 14.8. The fourth-order valence-corrected chi connectivity index (χ4v) is 5.17. The van der Waals surface area contributed by atoms with Gasteiger partial charge < -0.3 is 14.4 Å². The van der Waals surface area contributed by atoms with Gasteiger partial charge in [0, 0.05) is 38.1 Å². The highest BCUT2D eigenvalue weighted by atomic mass is 15.3. The smallest absolute Gasteiger partial charge is 0.230 e. The van der Waals surface area contributed by atoms with Crippen LogP contribution in [0.5, 0.6) is 0 Å². The Morgan fingerprint density at radius 1 is 0.703 bits per heavy atom. The first-order valence-electron chi connectivity index (χ1n) is 14.8. The molecule has 0 bridgehead atoms. The summed E-state index contributed by atoms with van der Waals surface area (Å²) in [6.45, 7) is 8.61. The zero-order valence-corrected chi connectivity index (χ0v) is 23.1. The van der Waals surface area contributed by atoms with E-state index in [1.54, 1.807) is 0 Å². The maximum absolute atomic E-state index is 5.13. The summed E-state index contributed by atoms with van der Waals surface area (Å²) >= 11 is 0. The number of rotatable bonds is 14. The van der Waals surface area contributed by atoms with Gasteiger partial charge in [0.05, 0.1) is 5.69 Å². The molecule has 0 saturated carbocycles. The van der Waals surface area contributed by atoms with Crippen molar-refractivity contribution in [1.82, 2.24) is 19.5 Å². The lowest BCUT2D eigenvalue weighted by Crippen LogP contribution is -2.31. The summed E-state index contributed by atoms with van der Waals surface area (Å²) in [6.07, 6.45) is 17.1. The maximum atomic E-state index is 5.13. The molecule has 1 aliphatic rings. The third kappa shape index (κ3) is 7.80. The lowest BCUT2D eigenvalue weighted by molar-refractivity contribution is 0.600. The largest absolute Gasteiger partial charge is 0.341 e. The molecule has 0 unspecified atom stereocenters. The van der Waals surface area contributed by atoms with Crippen molar-refractivity contribution < 1.29 is 0 Å². The molecule has 4 rings (SSSR count). The summed E-state index contributed by atoms with van der Waals surface area (Å²) in [6, 6.07) is 14.7. The lowest BCUT2D eigenvalue weighted by atomic mass is 10.2. The highest BCUT2D eigenvalue weighted by molar-refractivity contribution is 5.59. The van der Waals surface area contributed by atoms with Crippen molar-refractivity contribution in [3.05, 3.63) is 48.7 Å². The van der Waals surface area contributed by atoms with Gasteiger partial charge in [-0.15, -0.1) is 0 Å². The molecule has 0 amide bonds. The minimum atomic E-state index is 0.769. The second-order valence-corrected chi connectivity index (χ2v) is 10.4. The van der Waals surface area contributed by atoms with E-state index in [0.717, 1.165) is 55.3 Å². The summed E-state index contributed by atoms with van der Waals surface area (Å²) in [4.78, 5) is 20.2. The van der Waals surface area contributed by atoms with Gasteiger partial charge in [0.2, 0.25) is 11.9 Å². The zero-order valence-electron chi connectivity index (χ0n) is 23.1. The number of anilines is 2. The third-order valence-corrected chi connectivity index (χ3v) is 7.36. The molecular formula is C31H46N6. The van der Waals surface area contributed by atoms with E-state index in [1.165, 1.54) is 77.0 Å². The van der Waals surface area contributed by atoms with Crippen molar-refractivity contribution >= 4 is 11.9 Å². The van der Waals surface area contributed by atoms with Gasteiger partial charge in [0.25, 0.3) is 0 Å². The van der Waals surface area contributed by atoms with Crippen molar-refractivity contribution in [1.29, 1.82) is 0 Å². The molecule has 1 saturated heterocycles. The quantitative estimate of drug-likeness (QED) is 0.212. The van der Waals surface area contributed by atoms with Crippen LogP contribution in [0.25, 0.3) is 17.2 Å². The molecule has 0 radical (unpaired) electrons. The minimum Gasteiger partial charge on any atom is -0.341 e. The predicted octanol–water partition coefficient (Wildman–Crippen LogP) is 7.68. The van der Waals surface area contributed by atoms with Crippen LogP contribution in [0.1, 0.15) is 90.9 Å². The molecule has 1 aromatic carbocycles. The molecule has 0 aliphatic carbocycles. The topological polar surface area (TPSA) is 50.1 Å². The summed E-state index contributed by atoms with van der Waals surface area (Å²) in [5.41, 5.74) is 2.14. The average Bonchev–Trinajstić information content (AvgIpc) is 3.27. The average molecular weight is 503 g/mol. The molecule has 2 aromatic heterocycles. The number of nitrogens with zero attached hydrogens (tertiary/aromatic N) is 6. The lowest BCUT2D eigenvalue weighted by Gasteiger charge is -2.26. The van der Waals surface area contributed by atoms with Crippen molar-refractivity contribution in [2.45, 2.75) is 90.9 Å². The normalized spacial score (nSPS) is 14.1. The molecule has 0 atom stereocenters. The van der Waals surface area contributed by atoms with Gasteiger partial charge in [-0.1, -0.05) is 83.4 Å². The number of hydrogen-bond acceptors (Lipinski definition) is 5. The summed E-state index contributed by atoms with van der Waals surface area (Å²) in [5.74, 6) is 2.46.